The lowest BCUT2D eigenvalue weighted by molar-refractivity contribution is -0.0954. The van der Waals surface area contributed by atoms with E-state index in [0.29, 0.717) is 19.4 Å². The summed E-state index contributed by atoms with van der Waals surface area (Å²) < 4.78 is 26.1. The first-order valence-electron chi connectivity index (χ1n) is 8.37. The smallest absolute Gasteiger partial charge is 0.274 e. The highest BCUT2D eigenvalue weighted by molar-refractivity contribution is 5.56. The van der Waals surface area contributed by atoms with Crippen molar-refractivity contribution in [2.75, 3.05) is 7.05 Å². The van der Waals surface area contributed by atoms with Crippen molar-refractivity contribution in [3.05, 3.63) is 35.4 Å². The number of aliphatic hydroxyl groups excluding tert-OH is 1. The second kappa shape index (κ2) is 11.6. The van der Waals surface area contributed by atoms with Gasteiger partial charge < -0.3 is 5.11 Å². The maximum Gasteiger partial charge on any atom is 0.274 e. The van der Waals surface area contributed by atoms with E-state index in [4.69, 9.17) is 0 Å². The van der Waals surface area contributed by atoms with Crippen LogP contribution in [0.1, 0.15) is 57.8 Å². The van der Waals surface area contributed by atoms with E-state index in [1.54, 1.807) is 24.1 Å². The number of aliphatic hydroxyl groups is 1. The fourth-order valence-electron chi connectivity index (χ4n) is 2.01. The van der Waals surface area contributed by atoms with Crippen LogP contribution in [0.3, 0.4) is 0 Å². The van der Waals surface area contributed by atoms with Gasteiger partial charge >= 0.3 is 0 Å². The third-order valence-electron chi connectivity index (χ3n) is 3.34. The first-order chi connectivity index (χ1) is 11.6. The highest BCUT2D eigenvalue weighted by Crippen LogP contribution is 2.30. The van der Waals surface area contributed by atoms with Crippen LogP contribution in [-0.4, -0.2) is 29.3 Å². The molecule has 140 valence electrons. The number of halogens is 2. The molecule has 0 saturated carbocycles. The van der Waals surface area contributed by atoms with Gasteiger partial charge in [0.05, 0.1) is 6.54 Å². The summed E-state index contributed by atoms with van der Waals surface area (Å²) in [5, 5.41) is 15.7. The van der Waals surface area contributed by atoms with Crippen molar-refractivity contribution in [2.45, 2.75) is 59.1 Å². The number of hydrogen-bond acceptors (Lipinski definition) is 3. The lowest BCUT2D eigenvalue weighted by atomic mass is 10.0. The highest BCUT2D eigenvalue weighted by atomic mass is 19.3. The Labute approximate surface area is 150 Å². The molecule has 0 aliphatic heterocycles. The molecule has 3 nitrogen and oxygen atoms in total. The van der Waals surface area contributed by atoms with Crippen molar-refractivity contribution >= 4 is 6.21 Å². The topological polar surface area (TPSA) is 35.8 Å². The molecule has 1 aromatic carbocycles. The monoisotopic (exact) mass is 352 g/mol. The summed E-state index contributed by atoms with van der Waals surface area (Å²) in [6, 6.07) is 6.55. The van der Waals surface area contributed by atoms with E-state index in [-0.39, 0.29) is 5.56 Å². The molecule has 25 heavy (non-hydrogen) atoms. The molecule has 1 aromatic rings. The van der Waals surface area contributed by atoms with Crippen LogP contribution in [0.25, 0.3) is 0 Å². The molecule has 0 aliphatic carbocycles. The summed E-state index contributed by atoms with van der Waals surface area (Å²) in [7, 11) is 1.87. The number of alkyl halides is 2. The summed E-state index contributed by atoms with van der Waals surface area (Å²) in [6.45, 7) is 7.31. The van der Waals surface area contributed by atoms with E-state index in [1.165, 1.54) is 12.1 Å². The van der Waals surface area contributed by atoms with Crippen molar-refractivity contribution in [3.8, 4) is 12.3 Å². The van der Waals surface area contributed by atoms with Gasteiger partial charge in [-0.25, -0.2) is 8.78 Å². The van der Waals surface area contributed by atoms with Crippen LogP contribution in [-0.2, 0) is 6.54 Å². The van der Waals surface area contributed by atoms with Gasteiger partial charge in [-0.3, -0.25) is 5.01 Å². The normalized spacial score (nSPS) is 12.5. The van der Waals surface area contributed by atoms with Gasteiger partial charge in [0.15, 0.2) is 0 Å². The van der Waals surface area contributed by atoms with Crippen LogP contribution < -0.4 is 0 Å². The first kappa shape index (κ1) is 23.1. The third kappa shape index (κ3) is 10.5. The van der Waals surface area contributed by atoms with E-state index < -0.39 is 12.0 Å². The molecule has 5 heteroatoms. The van der Waals surface area contributed by atoms with Crippen molar-refractivity contribution < 1.29 is 13.9 Å². The second-order valence-corrected chi connectivity index (χ2v) is 6.47. The van der Waals surface area contributed by atoms with Gasteiger partial charge in [-0.1, -0.05) is 38.1 Å². The summed E-state index contributed by atoms with van der Waals surface area (Å²) in [6.07, 6.45) is 6.78. The molecule has 0 radical (unpaired) electrons. The Morgan fingerprint density at radius 2 is 1.84 bits per heavy atom. The summed E-state index contributed by atoms with van der Waals surface area (Å²) in [5.41, 5.74) is 1.18. The minimum Gasteiger partial charge on any atom is -0.382 e. The lowest BCUT2D eigenvalue weighted by Crippen LogP contribution is -2.21. The molecule has 1 atom stereocenters. The molecular weight excluding hydrogens is 322 g/mol. The Bertz CT molecular complexity index is 542. The van der Waals surface area contributed by atoms with Crippen molar-refractivity contribution in [1.82, 2.24) is 5.01 Å². The number of hydrogen-bond donors (Lipinski definition) is 1. The van der Waals surface area contributed by atoms with E-state index >= 15 is 0 Å². The average molecular weight is 352 g/mol. The maximum absolute atomic E-state index is 13.1. The molecule has 0 aliphatic rings. The van der Waals surface area contributed by atoms with Crippen LogP contribution in [0.5, 0.6) is 0 Å². The molecule has 0 aromatic heterocycles. The van der Waals surface area contributed by atoms with Crippen LogP contribution >= 0.6 is 0 Å². The molecule has 0 heterocycles. The SMILES string of the molecule is C#CC.CC(C)CC/C=N\N(C)Cc1ccc(C(O)C(C)(F)F)cc1. The standard InChI is InChI=1S/C17H26F2N2O.C3H4/c1-13(2)6-5-11-20-21(4)12-14-7-9-15(10-8-14)16(22)17(3,18)19;1-3-2/h7-11,13,16,22H,5-6,12H2,1-4H3;1H,2H3/b20-11-;. The zero-order valence-electron chi connectivity index (χ0n) is 15.8. The van der Waals surface area contributed by atoms with E-state index in [9.17, 15) is 13.9 Å². The lowest BCUT2D eigenvalue weighted by Gasteiger charge is -2.19. The number of nitrogens with zero attached hydrogens (tertiary/aromatic N) is 2. The number of benzene rings is 1. The minimum absolute atomic E-state index is 0.222. The molecule has 0 saturated heterocycles. The van der Waals surface area contributed by atoms with Gasteiger partial charge in [-0.15, -0.1) is 12.3 Å². The third-order valence-corrected chi connectivity index (χ3v) is 3.34. The minimum atomic E-state index is -3.14. The summed E-state index contributed by atoms with van der Waals surface area (Å²) in [4.78, 5) is 0. The number of hydrazone groups is 1. The Morgan fingerprint density at radius 1 is 1.32 bits per heavy atom. The highest BCUT2D eigenvalue weighted by Gasteiger charge is 2.33. The molecule has 0 fully saturated rings. The first-order valence-corrected chi connectivity index (χ1v) is 8.37. The fourth-order valence-corrected chi connectivity index (χ4v) is 2.01. The number of terminal acetylenes is 1. The Hall–Kier alpha value is -1.93. The predicted molar refractivity (Wildman–Crippen MR) is 101 cm³/mol. The molecule has 1 unspecified atom stereocenters. The van der Waals surface area contributed by atoms with Crippen LogP contribution in [0.4, 0.5) is 8.78 Å². The van der Waals surface area contributed by atoms with Crippen molar-refractivity contribution in [1.29, 1.82) is 0 Å². The van der Waals surface area contributed by atoms with E-state index in [0.717, 1.165) is 18.4 Å². The van der Waals surface area contributed by atoms with E-state index in [2.05, 4.69) is 31.3 Å². The molecular formula is C20H30F2N2O. The maximum atomic E-state index is 13.1. The van der Waals surface area contributed by atoms with Crippen molar-refractivity contribution in [3.63, 3.8) is 0 Å². The molecule has 0 amide bonds. The van der Waals surface area contributed by atoms with Crippen molar-refractivity contribution in [2.24, 2.45) is 11.0 Å². The van der Waals surface area contributed by atoms with Gasteiger partial charge in [0.25, 0.3) is 5.92 Å². The summed E-state index contributed by atoms with van der Waals surface area (Å²) in [5.74, 6) is -0.230. The summed E-state index contributed by atoms with van der Waals surface area (Å²) >= 11 is 0. The Balaban J connectivity index is 0.00000178. The molecule has 1 rings (SSSR count). The van der Waals surface area contributed by atoms with Gasteiger partial charge in [-0.2, -0.15) is 5.10 Å². The molecule has 0 spiro atoms. The van der Waals surface area contributed by atoms with Crippen LogP contribution in [0.15, 0.2) is 29.4 Å². The van der Waals surface area contributed by atoms with Gasteiger partial charge in [0, 0.05) is 20.2 Å². The van der Waals surface area contributed by atoms with E-state index in [1.807, 2.05) is 13.3 Å². The Morgan fingerprint density at radius 3 is 2.28 bits per heavy atom. The average Bonchev–Trinajstić information content (AvgIpc) is 2.51. The van der Waals surface area contributed by atoms with Gasteiger partial charge in [-0.05, 0) is 36.8 Å². The fraction of sp³-hybridized carbons (Fsp3) is 0.550. The number of rotatable bonds is 8. The predicted octanol–water partition coefficient (Wildman–Crippen LogP) is 4.87. The largest absolute Gasteiger partial charge is 0.382 e. The zero-order valence-corrected chi connectivity index (χ0v) is 15.8. The van der Waals surface area contributed by atoms with Gasteiger partial charge in [0.1, 0.15) is 6.10 Å². The Kier molecular flexibility index (Phi) is 10.7. The van der Waals surface area contributed by atoms with Gasteiger partial charge in [0.2, 0.25) is 0 Å². The molecule has 0 bridgehead atoms. The molecule has 1 N–H and O–H groups in total. The second-order valence-electron chi connectivity index (χ2n) is 6.47. The zero-order chi connectivity index (χ0) is 19.5. The quantitative estimate of drug-likeness (QED) is 0.412. The van der Waals surface area contributed by atoms with Crippen LogP contribution in [0, 0.1) is 18.3 Å². The van der Waals surface area contributed by atoms with Crippen LogP contribution in [0.2, 0.25) is 0 Å².